The van der Waals surface area contributed by atoms with Gasteiger partial charge in [0.25, 0.3) is 0 Å². The van der Waals surface area contributed by atoms with Gasteiger partial charge in [-0.05, 0) is 0 Å². The Morgan fingerprint density at radius 1 is 0.700 bits per heavy atom. The molecule has 104 valence electrons. The highest BCUT2D eigenvalue weighted by molar-refractivity contribution is 5.15. The van der Waals surface area contributed by atoms with Crippen molar-refractivity contribution in [3.63, 3.8) is 0 Å². The predicted octanol–water partition coefficient (Wildman–Crippen LogP) is 3.23. The average Bonchev–Trinajstić information content (AvgIpc) is 2.50. The van der Waals surface area contributed by atoms with Gasteiger partial charge in [0.05, 0.1) is 13.2 Å². The van der Waals surface area contributed by atoms with Gasteiger partial charge in [0, 0.05) is 11.1 Å². The maximum atomic E-state index is 5.58. The molecule has 1 fully saturated rings. The van der Waals surface area contributed by atoms with E-state index in [4.69, 9.17) is 4.74 Å². The zero-order valence-electron chi connectivity index (χ0n) is 11.9. The van der Waals surface area contributed by atoms with Crippen molar-refractivity contribution in [2.45, 2.75) is 13.1 Å². The third-order valence-corrected chi connectivity index (χ3v) is 4.14. The minimum Gasteiger partial charge on any atom is -0.370 e. The molecule has 2 heteroatoms. The first-order valence-electron chi connectivity index (χ1n) is 7.37. The van der Waals surface area contributed by atoms with Gasteiger partial charge in [-0.2, -0.15) is 0 Å². The number of rotatable bonds is 4. The number of quaternary nitrogens is 1. The van der Waals surface area contributed by atoms with Crippen LogP contribution >= 0.6 is 0 Å². The maximum Gasteiger partial charge on any atom is 0.105 e. The van der Waals surface area contributed by atoms with Crippen molar-refractivity contribution in [1.82, 2.24) is 0 Å². The minimum atomic E-state index is 0.875. The van der Waals surface area contributed by atoms with Crippen molar-refractivity contribution in [3.8, 4) is 0 Å². The largest absolute Gasteiger partial charge is 0.370 e. The molecular formula is C18H22NO+. The molecule has 0 spiro atoms. The molecule has 0 amide bonds. The smallest absolute Gasteiger partial charge is 0.105 e. The summed E-state index contributed by atoms with van der Waals surface area (Å²) in [6.07, 6.45) is 0. The molecule has 20 heavy (non-hydrogen) atoms. The van der Waals surface area contributed by atoms with Crippen LogP contribution in [0.2, 0.25) is 0 Å². The van der Waals surface area contributed by atoms with Crippen LogP contribution in [0.15, 0.2) is 60.7 Å². The summed E-state index contributed by atoms with van der Waals surface area (Å²) in [5.41, 5.74) is 2.84. The van der Waals surface area contributed by atoms with E-state index in [2.05, 4.69) is 60.7 Å². The van der Waals surface area contributed by atoms with E-state index < -0.39 is 0 Å². The van der Waals surface area contributed by atoms with Crippen molar-refractivity contribution < 1.29 is 9.22 Å². The Balaban J connectivity index is 1.81. The summed E-state index contributed by atoms with van der Waals surface area (Å²) in [4.78, 5) is 0. The van der Waals surface area contributed by atoms with Crippen molar-refractivity contribution in [3.05, 3.63) is 71.8 Å². The second-order valence-corrected chi connectivity index (χ2v) is 5.69. The molecule has 1 aliphatic heterocycles. The fraction of sp³-hybridized carbons (Fsp3) is 0.333. The van der Waals surface area contributed by atoms with Crippen LogP contribution in [0, 0.1) is 0 Å². The molecule has 0 bridgehead atoms. The van der Waals surface area contributed by atoms with E-state index in [1.165, 1.54) is 11.1 Å². The standard InChI is InChI=1S/C18H22NO/c1-3-7-17(8-4-1)15-19(11-13-20-14-12-19)16-18-9-5-2-6-10-18/h1-10H,11-16H2/q+1. The Bertz CT molecular complexity index is 474. The SMILES string of the molecule is c1ccc(C[N+]2(Cc3ccccc3)CCOCC2)cc1. The summed E-state index contributed by atoms with van der Waals surface area (Å²) >= 11 is 0. The Labute approximate surface area is 121 Å². The second kappa shape index (κ2) is 6.21. The second-order valence-electron chi connectivity index (χ2n) is 5.69. The predicted molar refractivity (Wildman–Crippen MR) is 81.1 cm³/mol. The van der Waals surface area contributed by atoms with E-state index in [0.717, 1.165) is 43.9 Å². The third kappa shape index (κ3) is 3.27. The van der Waals surface area contributed by atoms with Crippen LogP contribution < -0.4 is 0 Å². The summed E-state index contributed by atoms with van der Waals surface area (Å²) in [6, 6.07) is 21.7. The molecule has 0 N–H and O–H groups in total. The molecule has 0 aromatic heterocycles. The molecule has 0 aliphatic carbocycles. The van der Waals surface area contributed by atoms with Crippen LogP contribution in [0.1, 0.15) is 11.1 Å². The quantitative estimate of drug-likeness (QED) is 0.774. The van der Waals surface area contributed by atoms with Crippen molar-refractivity contribution in [2.75, 3.05) is 26.3 Å². The van der Waals surface area contributed by atoms with E-state index in [1.54, 1.807) is 0 Å². The zero-order chi connectivity index (χ0) is 13.7. The molecule has 1 heterocycles. The number of nitrogens with zero attached hydrogens (tertiary/aromatic N) is 1. The normalized spacial score (nSPS) is 17.8. The lowest BCUT2D eigenvalue weighted by Crippen LogP contribution is -2.53. The number of benzene rings is 2. The number of ether oxygens (including phenoxy) is 1. The summed E-state index contributed by atoms with van der Waals surface area (Å²) in [5, 5.41) is 0. The van der Waals surface area contributed by atoms with Gasteiger partial charge in [-0.25, -0.2) is 0 Å². The first-order valence-corrected chi connectivity index (χ1v) is 7.37. The van der Waals surface area contributed by atoms with Gasteiger partial charge in [-0.15, -0.1) is 0 Å². The molecule has 3 rings (SSSR count). The van der Waals surface area contributed by atoms with Crippen LogP contribution in [0.4, 0.5) is 0 Å². The summed E-state index contributed by atoms with van der Waals surface area (Å²) in [7, 11) is 0. The molecule has 2 aromatic rings. The van der Waals surface area contributed by atoms with Crippen LogP contribution in [-0.4, -0.2) is 30.8 Å². The molecule has 0 unspecified atom stereocenters. The van der Waals surface area contributed by atoms with E-state index in [9.17, 15) is 0 Å². The van der Waals surface area contributed by atoms with Crippen molar-refractivity contribution in [1.29, 1.82) is 0 Å². The van der Waals surface area contributed by atoms with E-state index in [1.807, 2.05) is 0 Å². The average molecular weight is 268 g/mol. The number of hydrogen-bond donors (Lipinski definition) is 0. The lowest BCUT2D eigenvalue weighted by atomic mass is 10.1. The molecule has 2 nitrogen and oxygen atoms in total. The fourth-order valence-corrected chi connectivity index (χ4v) is 3.04. The Morgan fingerprint density at radius 2 is 1.15 bits per heavy atom. The van der Waals surface area contributed by atoms with Gasteiger partial charge in [-0.1, -0.05) is 60.7 Å². The molecule has 1 aliphatic rings. The maximum absolute atomic E-state index is 5.58. The van der Waals surface area contributed by atoms with Crippen molar-refractivity contribution >= 4 is 0 Å². The molecule has 0 saturated carbocycles. The summed E-state index contributed by atoms with van der Waals surface area (Å²) in [5.74, 6) is 0. The van der Waals surface area contributed by atoms with E-state index in [-0.39, 0.29) is 0 Å². The Hall–Kier alpha value is -1.64. The third-order valence-electron chi connectivity index (χ3n) is 4.14. The fourth-order valence-electron chi connectivity index (χ4n) is 3.04. The van der Waals surface area contributed by atoms with Gasteiger partial charge in [0.15, 0.2) is 0 Å². The Morgan fingerprint density at radius 3 is 1.60 bits per heavy atom. The topological polar surface area (TPSA) is 9.23 Å². The number of hydrogen-bond acceptors (Lipinski definition) is 1. The van der Waals surface area contributed by atoms with Crippen LogP contribution in [0.5, 0.6) is 0 Å². The van der Waals surface area contributed by atoms with Gasteiger partial charge in [0.1, 0.15) is 26.2 Å². The molecule has 1 saturated heterocycles. The lowest BCUT2D eigenvalue weighted by Gasteiger charge is -2.41. The van der Waals surface area contributed by atoms with Gasteiger partial charge in [0.2, 0.25) is 0 Å². The molecule has 2 aromatic carbocycles. The Kier molecular flexibility index (Phi) is 4.14. The van der Waals surface area contributed by atoms with Crippen LogP contribution in [-0.2, 0) is 17.8 Å². The highest BCUT2D eigenvalue weighted by Gasteiger charge is 2.30. The van der Waals surface area contributed by atoms with Crippen LogP contribution in [0.25, 0.3) is 0 Å². The van der Waals surface area contributed by atoms with E-state index >= 15 is 0 Å². The van der Waals surface area contributed by atoms with Gasteiger partial charge < -0.3 is 9.22 Å². The minimum absolute atomic E-state index is 0.875. The zero-order valence-corrected chi connectivity index (χ0v) is 11.9. The first-order chi connectivity index (χ1) is 9.86. The van der Waals surface area contributed by atoms with Gasteiger partial charge >= 0.3 is 0 Å². The highest BCUT2D eigenvalue weighted by atomic mass is 16.5. The summed E-state index contributed by atoms with van der Waals surface area (Å²) < 4.78 is 6.69. The first kappa shape index (κ1) is 13.3. The summed E-state index contributed by atoms with van der Waals surface area (Å²) in [6.45, 7) is 6.14. The van der Waals surface area contributed by atoms with E-state index in [0.29, 0.717) is 0 Å². The molecule has 0 atom stereocenters. The monoisotopic (exact) mass is 268 g/mol. The number of morpholine rings is 1. The highest BCUT2D eigenvalue weighted by Crippen LogP contribution is 2.21. The lowest BCUT2D eigenvalue weighted by molar-refractivity contribution is -0.960. The van der Waals surface area contributed by atoms with Crippen molar-refractivity contribution in [2.24, 2.45) is 0 Å². The molecule has 0 radical (unpaired) electrons. The van der Waals surface area contributed by atoms with Crippen LogP contribution in [0.3, 0.4) is 0 Å². The van der Waals surface area contributed by atoms with Gasteiger partial charge in [-0.3, -0.25) is 0 Å². The molecular weight excluding hydrogens is 246 g/mol.